The highest BCUT2D eigenvalue weighted by molar-refractivity contribution is 14.1. The molecule has 2 aromatic rings. The minimum atomic E-state index is -3.92. The third kappa shape index (κ3) is 6.20. The minimum Gasteiger partial charge on any atom is -0.202 e. The van der Waals surface area contributed by atoms with Crippen LogP contribution in [0.1, 0.15) is 48.9 Å². The van der Waals surface area contributed by atoms with Crippen molar-refractivity contribution in [3.63, 3.8) is 0 Å². The van der Waals surface area contributed by atoms with Crippen molar-refractivity contribution >= 4 is 55.0 Å². The van der Waals surface area contributed by atoms with Crippen LogP contribution in [-0.2, 0) is 16.7 Å². The van der Waals surface area contributed by atoms with E-state index in [-0.39, 0.29) is 6.84 Å². The lowest BCUT2D eigenvalue weighted by atomic mass is 9.87. The molecule has 0 bridgehead atoms. The lowest BCUT2D eigenvalue weighted by molar-refractivity contribution is 0.615. The predicted octanol–water partition coefficient (Wildman–Crippen LogP) is 7.49. The van der Waals surface area contributed by atoms with E-state index in [4.69, 9.17) is 0 Å². The van der Waals surface area contributed by atoms with Crippen LogP contribution in [0.3, 0.4) is 0 Å². The van der Waals surface area contributed by atoms with E-state index in [1.54, 1.807) is 0 Å². The van der Waals surface area contributed by atoms with Gasteiger partial charge < -0.3 is 0 Å². The highest BCUT2D eigenvalue weighted by Gasteiger charge is 2.29. The summed E-state index contributed by atoms with van der Waals surface area (Å²) in [6.07, 6.45) is 14.5. The highest BCUT2D eigenvalue weighted by atomic mass is 127. The molecule has 0 N–H and O–H groups in total. The molecule has 0 amide bonds. The van der Waals surface area contributed by atoms with Gasteiger partial charge in [0.1, 0.15) is 0 Å². The lowest BCUT2D eigenvalue weighted by Gasteiger charge is -2.27. The fraction of sp³-hybridized carbons (Fsp3) is 0.200. The zero-order valence-corrected chi connectivity index (χ0v) is 24.6. The van der Waals surface area contributed by atoms with Crippen LogP contribution in [-0.4, -0.2) is 8.42 Å². The Kier molecular flexibility index (Phi) is 7.80. The molecule has 0 radical (unpaired) electrons. The van der Waals surface area contributed by atoms with Crippen LogP contribution >= 0.6 is 45.2 Å². The third-order valence-electron chi connectivity index (χ3n) is 6.05. The molecule has 35 heavy (non-hydrogen) atoms. The second-order valence-corrected chi connectivity index (χ2v) is 14.0. The molecule has 4 rings (SSSR count). The van der Waals surface area contributed by atoms with Crippen LogP contribution in [0.15, 0.2) is 96.1 Å². The van der Waals surface area contributed by atoms with Crippen LogP contribution in [0.5, 0.6) is 0 Å². The van der Waals surface area contributed by atoms with E-state index in [2.05, 4.69) is 118 Å². The molecule has 0 heterocycles. The quantitative estimate of drug-likeness (QED) is 0.185. The van der Waals surface area contributed by atoms with Gasteiger partial charge in [0.2, 0.25) is 0 Å². The van der Waals surface area contributed by atoms with Gasteiger partial charge in [0.25, 0.3) is 9.84 Å². The SMILES string of the molecule is CC1=CCC(I)(c2ccccc2C#CS(=O)(=O)C#Cc2ccccc2C2(I)C=CC(C)=CC2)C=C1. The van der Waals surface area contributed by atoms with Crippen molar-refractivity contribution in [3.05, 3.63) is 118 Å². The first kappa shape index (κ1) is 26.0. The average Bonchev–Trinajstić information content (AvgIpc) is 2.86. The van der Waals surface area contributed by atoms with E-state index in [0.717, 1.165) is 24.0 Å². The van der Waals surface area contributed by atoms with Gasteiger partial charge in [-0.2, -0.15) is 0 Å². The highest BCUT2D eigenvalue weighted by Crippen LogP contribution is 2.43. The Labute approximate surface area is 235 Å². The van der Waals surface area contributed by atoms with Crippen LogP contribution < -0.4 is 0 Å². The van der Waals surface area contributed by atoms with Crippen molar-refractivity contribution in [1.82, 2.24) is 0 Å². The molecule has 0 aliphatic heterocycles. The molecule has 0 fully saturated rings. The van der Waals surface area contributed by atoms with Gasteiger partial charge in [0.15, 0.2) is 0 Å². The van der Waals surface area contributed by atoms with Crippen LogP contribution in [0, 0.1) is 22.3 Å². The molecule has 2 aliphatic rings. The van der Waals surface area contributed by atoms with E-state index in [1.807, 2.05) is 48.5 Å². The van der Waals surface area contributed by atoms with Gasteiger partial charge >= 0.3 is 0 Å². The largest absolute Gasteiger partial charge is 0.284 e. The first-order chi connectivity index (χ1) is 16.6. The Balaban J connectivity index is 1.65. The normalized spacial score (nSPS) is 23.3. The van der Waals surface area contributed by atoms with E-state index in [9.17, 15) is 8.42 Å². The Morgan fingerprint density at radius 2 is 1.11 bits per heavy atom. The second-order valence-electron chi connectivity index (χ2n) is 8.74. The Hall–Kier alpha value is -2.07. The zero-order chi connectivity index (χ0) is 25.1. The molecule has 2 unspecified atom stereocenters. The summed E-state index contributed by atoms with van der Waals surface area (Å²) in [7, 11) is -3.92. The summed E-state index contributed by atoms with van der Waals surface area (Å²) in [6, 6.07) is 15.4. The average molecular weight is 702 g/mol. The fourth-order valence-corrected chi connectivity index (χ4v) is 6.28. The molecule has 5 heteroatoms. The minimum absolute atomic E-state index is 0.258. The summed E-state index contributed by atoms with van der Waals surface area (Å²) >= 11 is 4.83. The molecule has 0 saturated heterocycles. The molecule has 2 atom stereocenters. The Morgan fingerprint density at radius 1 is 0.714 bits per heavy atom. The molecule has 2 aromatic carbocycles. The van der Waals surface area contributed by atoms with Crippen molar-refractivity contribution in [2.45, 2.75) is 33.5 Å². The number of rotatable bonds is 2. The van der Waals surface area contributed by atoms with Gasteiger partial charge in [-0.05, 0) is 61.8 Å². The maximum absolute atomic E-state index is 12.8. The maximum Gasteiger partial charge on any atom is 0.284 e. The van der Waals surface area contributed by atoms with E-state index >= 15 is 0 Å². The number of hydrogen-bond donors (Lipinski definition) is 0. The Bertz CT molecular complexity index is 1410. The molecule has 0 spiro atoms. The predicted molar refractivity (Wildman–Crippen MR) is 162 cm³/mol. The molecule has 0 saturated carbocycles. The number of sulfone groups is 1. The maximum atomic E-state index is 12.8. The summed E-state index contributed by atoms with van der Waals surface area (Å²) in [5, 5.41) is 4.89. The molecule has 176 valence electrons. The molecule has 2 nitrogen and oxygen atoms in total. The molecular weight excluding hydrogens is 678 g/mol. The van der Waals surface area contributed by atoms with E-state index < -0.39 is 9.84 Å². The summed E-state index contributed by atoms with van der Waals surface area (Å²) in [6.45, 7) is 4.15. The smallest absolute Gasteiger partial charge is 0.202 e. The molecular formula is C30H24I2O2S. The number of allylic oxidation sites excluding steroid dienone is 8. The lowest BCUT2D eigenvalue weighted by Crippen LogP contribution is -2.17. The van der Waals surface area contributed by atoms with Crippen molar-refractivity contribution in [1.29, 1.82) is 0 Å². The third-order valence-corrected chi connectivity index (χ3v) is 9.56. The van der Waals surface area contributed by atoms with Crippen molar-refractivity contribution in [3.8, 4) is 22.3 Å². The van der Waals surface area contributed by atoms with E-state index in [1.165, 1.54) is 11.1 Å². The zero-order valence-electron chi connectivity index (χ0n) is 19.5. The summed E-state index contributed by atoms with van der Waals surface area (Å²) < 4.78 is 25.1. The van der Waals surface area contributed by atoms with E-state index in [0.29, 0.717) is 11.1 Å². The van der Waals surface area contributed by atoms with Crippen LogP contribution in [0.25, 0.3) is 0 Å². The first-order valence-electron chi connectivity index (χ1n) is 11.2. The van der Waals surface area contributed by atoms with Gasteiger partial charge in [-0.25, -0.2) is 8.42 Å². The topological polar surface area (TPSA) is 34.1 Å². The second kappa shape index (κ2) is 10.5. The van der Waals surface area contributed by atoms with Crippen molar-refractivity contribution in [2.75, 3.05) is 0 Å². The van der Waals surface area contributed by atoms with Gasteiger partial charge in [-0.1, -0.05) is 129 Å². The molecule has 2 aliphatic carbocycles. The number of halogens is 2. The molecule has 0 aromatic heterocycles. The van der Waals surface area contributed by atoms with Crippen LogP contribution in [0.2, 0.25) is 0 Å². The van der Waals surface area contributed by atoms with Gasteiger partial charge in [-0.15, -0.1) is 0 Å². The summed E-state index contributed by atoms with van der Waals surface area (Å²) in [4.78, 5) is 0. The number of alkyl halides is 2. The first-order valence-corrected chi connectivity index (χ1v) is 14.8. The van der Waals surface area contributed by atoms with Gasteiger partial charge in [0, 0.05) is 21.6 Å². The van der Waals surface area contributed by atoms with Crippen molar-refractivity contribution in [2.24, 2.45) is 0 Å². The van der Waals surface area contributed by atoms with Crippen molar-refractivity contribution < 1.29 is 8.42 Å². The number of hydrogen-bond acceptors (Lipinski definition) is 2. The fourth-order valence-electron chi connectivity index (χ4n) is 4.00. The number of benzene rings is 2. The van der Waals surface area contributed by atoms with Gasteiger partial charge in [0.05, 0.1) is 6.84 Å². The van der Waals surface area contributed by atoms with Crippen LogP contribution in [0.4, 0.5) is 0 Å². The van der Waals surface area contributed by atoms with Gasteiger partial charge in [-0.3, -0.25) is 0 Å². The Morgan fingerprint density at radius 3 is 1.49 bits per heavy atom. The standard InChI is InChI=1S/C30H24I2O2S/c1-23-11-17-29(31,18-12-23)27-9-5-3-7-25(27)15-21-35(33,34)22-16-26-8-4-6-10-28(26)30(32)19-13-24(2)14-20-30/h3-14,17,19H,18,20H2,1-2H3. The summed E-state index contributed by atoms with van der Waals surface area (Å²) in [5.41, 5.74) is 5.85. The summed E-state index contributed by atoms with van der Waals surface area (Å²) in [5.74, 6) is 5.79. The monoisotopic (exact) mass is 702 g/mol.